The quantitative estimate of drug-likeness (QED) is 0.710. The van der Waals surface area contributed by atoms with Crippen molar-refractivity contribution in [2.45, 2.75) is 19.3 Å². The summed E-state index contributed by atoms with van der Waals surface area (Å²) in [6.45, 7) is 2.01. The molecule has 0 fully saturated rings. The van der Waals surface area contributed by atoms with Crippen LogP contribution in [0.5, 0.6) is 0 Å². The van der Waals surface area contributed by atoms with Crippen LogP contribution in [0.2, 0.25) is 5.02 Å². The molecule has 0 unspecified atom stereocenters. The molecule has 0 heterocycles. The standard InChI is InChI=1S/C13H17ClN2/c1-16(10-3-2-9-15)11-8-12-4-6-13(14)7-5-12/h4-7H,2-3,8,10-11H2,1H3. The lowest BCUT2D eigenvalue weighted by Crippen LogP contribution is -2.22. The van der Waals surface area contributed by atoms with Gasteiger partial charge in [-0.15, -0.1) is 0 Å². The number of nitrogens with zero attached hydrogens (tertiary/aromatic N) is 2. The molecule has 1 aromatic rings. The summed E-state index contributed by atoms with van der Waals surface area (Å²) in [6.07, 6.45) is 2.62. The molecule has 2 nitrogen and oxygen atoms in total. The summed E-state index contributed by atoms with van der Waals surface area (Å²) in [5, 5.41) is 9.22. The highest BCUT2D eigenvalue weighted by Gasteiger charge is 1.99. The normalized spacial score (nSPS) is 10.4. The van der Waals surface area contributed by atoms with E-state index in [0.717, 1.165) is 31.0 Å². The Labute approximate surface area is 102 Å². The van der Waals surface area contributed by atoms with E-state index in [1.54, 1.807) is 0 Å². The van der Waals surface area contributed by atoms with E-state index in [1.165, 1.54) is 5.56 Å². The van der Waals surface area contributed by atoms with Crippen molar-refractivity contribution in [2.24, 2.45) is 0 Å². The maximum Gasteiger partial charge on any atom is 0.0622 e. The number of halogens is 1. The lowest BCUT2D eigenvalue weighted by molar-refractivity contribution is 0.335. The zero-order valence-electron chi connectivity index (χ0n) is 9.62. The van der Waals surface area contributed by atoms with E-state index in [1.807, 2.05) is 12.1 Å². The molecule has 0 spiro atoms. The topological polar surface area (TPSA) is 27.0 Å². The SMILES string of the molecule is CN(CCCC#N)CCc1ccc(Cl)cc1. The number of benzene rings is 1. The van der Waals surface area contributed by atoms with E-state index < -0.39 is 0 Å². The molecule has 0 atom stereocenters. The molecule has 1 aromatic carbocycles. The Morgan fingerprint density at radius 3 is 2.56 bits per heavy atom. The summed E-state index contributed by atoms with van der Waals surface area (Å²) in [5.41, 5.74) is 1.30. The second-order valence-corrected chi connectivity index (χ2v) is 4.38. The van der Waals surface area contributed by atoms with Gasteiger partial charge in [-0.25, -0.2) is 0 Å². The monoisotopic (exact) mass is 236 g/mol. The maximum absolute atomic E-state index is 8.43. The number of unbranched alkanes of at least 4 members (excludes halogenated alkanes) is 1. The van der Waals surface area contributed by atoms with Crippen molar-refractivity contribution < 1.29 is 0 Å². The molecular weight excluding hydrogens is 220 g/mol. The molecule has 0 amide bonds. The highest BCUT2D eigenvalue weighted by atomic mass is 35.5. The van der Waals surface area contributed by atoms with Crippen LogP contribution < -0.4 is 0 Å². The van der Waals surface area contributed by atoms with Crippen molar-refractivity contribution in [2.75, 3.05) is 20.1 Å². The third-order valence-electron chi connectivity index (χ3n) is 2.52. The van der Waals surface area contributed by atoms with Gasteiger partial charge in [0.1, 0.15) is 0 Å². The van der Waals surface area contributed by atoms with Crippen LogP contribution in [-0.2, 0) is 6.42 Å². The predicted octanol–water partition coefficient (Wildman–Crippen LogP) is 3.12. The van der Waals surface area contributed by atoms with Gasteiger partial charge in [-0.3, -0.25) is 0 Å². The highest BCUT2D eigenvalue weighted by Crippen LogP contribution is 2.10. The van der Waals surface area contributed by atoms with E-state index in [9.17, 15) is 0 Å². The number of nitriles is 1. The zero-order valence-corrected chi connectivity index (χ0v) is 10.4. The third kappa shape index (κ3) is 5.16. The van der Waals surface area contributed by atoms with Gasteiger partial charge in [0.15, 0.2) is 0 Å². The van der Waals surface area contributed by atoms with Gasteiger partial charge in [0.2, 0.25) is 0 Å². The van der Waals surface area contributed by atoms with Crippen molar-refractivity contribution in [1.29, 1.82) is 5.26 Å². The molecule has 0 radical (unpaired) electrons. The van der Waals surface area contributed by atoms with E-state index in [-0.39, 0.29) is 0 Å². The lowest BCUT2D eigenvalue weighted by Gasteiger charge is -2.15. The average Bonchev–Trinajstić information content (AvgIpc) is 2.29. The van der Waals surface area contributed by atoms with Crippen LogP contribution in [0, 0.1) is 11.3 Å². The Balaban J connectivity index is 2.23. The van der Waals surface area contributed by atoms with Gasteiger partial charge in [-0.1, -0.05) is 23.7 Å². The molecule has 0 aromatic heterocycles. The fraction of sp³-hybridized carbons (Fsp3) is 0.462. The van der Waals surface area contributed by atoms with Crippen molar-refractivity contribution >= 4 is 11.6 Å². The summed E-state index contributed by atoms with van der Waals surface area (Å²) < 4.78 is 0. The molecule has 3 heteroatoms. The minimum atomic E-state index is 0.644. The van der Waals surface area contributed by atoms with Gasteiger partial charge in [-0.2, -0.15) is 5.26 Å². The molecule has 1 rings (SSSR count). The molecule has 16 heavy (non-hydrogen) atoms. The minimum Gasteiger partial charge on any atom is -0.306 e. The Bertz CT molecular complexity index is 340. The Morgan fingerprint density at radius 2 is 1.94 bits per heavy atom. The second-order valence-electron chi connectivity index (χ2n) is 3.94. The van der Waals surface area contributed by atoms with Gasteiger partial charge in [-0.05, 0) is 44.1 Å². The fourth-order valence-electron chi connectivity index (χ4n) is 1.51. The largest absolute Gasteiger partial charge is 0.306 e. The van der Waals surface area contributed by atoms with Gasteiger partial charge in [0, 0.05) is 18.0 Å². The molecule has 0 bridgehead atoms. The molecular formula is C13H17ClN2. The highest BCUT2D eigenvalue weighted by molar-refractivity contribution is 6.30. The van der Waals surface area contributed by atoms with Gasteiger partial charge < -0.3 is 4.90 Å². The molecule has 0 N–H and O–H groups in total. The first kappa shape index (κ1) is 13.0. The Kier molecular flexibility index (Phi) is 5.92. The number of likely N-dealkylation sites (N-methyl/N-ethyl adjacent to an activating group) is 1. The predicted molar refractivity (Wildman–Crippen MR) is 67.5 cm³/mol. The first-order valence-corrected chi connectivity index (χ1v) is 5.90. The Hall–Kier alpha value is -1.04. The molecule has 0 aliphatic rings. The van der Waals surface area contributed by atoms with Crippen LogP contribution >= 0.6 is 11.6 Å². The first-order chi connectivity index (χ1) is 7.72. The summed E-state index contributed by atoms with van der Waals surface area (Å²) in [6, 6.07) is 10.1. The van der Waals surface area contributed by atoms with Crippen LogP contribution in [-0.4, -0.2) is 25.0 Å². The van der Waals surface area contributed by atoms with Crippen LogP contribution in [0.1, 0.15) is 18.4 Å². The van der Waals surface area contributed by atoms with Crippen LogP contribution in [0.4, 0.5) is 0 Å². The van der Waals surface area contributed by atoms with Crippen LogP contribution in [0.15, 0.2) is 24.3 Å². The van der Waals surface area contributed by atoms with Crippen molar-refractivity contribution in [3.63, 3.8) is 0 Å². The van der Waals surface area contributed by atoms with Crippen molar-refractivity contribution in [3.8, 4) is 6.07 Å². The fourth-order valence-corrected chi connectivity index (χ4v) is 1.64. The maximum atomic E-state index is 8.43. The van der Waals surface area contributed by atoms with Crippen molar-refractivity contribution in [3.05, 3.63) is 34.9 Å². The molecule has 0 saturated heterocycles. The lowest BCUT2D eigenvalue weighted by atomic mass is 10.1. The van der Waals surface area contributed by atoms with Gasteiger partial charge in [0.25, 0.3) is 0 Å². The summed E-state index contributed by atoms with van der Waals surface area (Å²) in [4.78, 5) is 2.26. The number of hydrogen-bond acceptors (Lipinski definition) is 2. The van der Waals surface area contributed by atoms with Crippen molar-refractivity contribution in [1.82, 2.24) is 4.90 Å². The average molecular weight is 237 g/mol. The summed E-state index contributed by atoms with van der Waals surface area (Å²) >= 11 is 5.82. The second kappa shape index (κ2) is 7.27. The molecule has 86 valence electrons. The Morgan fingerprint density at radius 1 is 1.25 bits per heavy atom. The summed E-state index contributed by atoms with van der Waals surface area (Å²) in [5.74, 6) is 0. The molecule has 0 aliphatic heterocycles. The molecule has 0 aliphatic carbocycles. The minimum absolute atomic E-state index is 0.644. The van der Waals surface area contributed by atoms with Crippen LogP contribution in [0.25, 0.3) is 0 Å². The number of hydrogen-bond donors (Lipinski definition) is 0. The van der Waals surface area contributed by atoms with E-state index >= 15 is 0 Å². The number of rotatable bonds is 6. The van der Waals surface area contributed by atoms with E-state index in [0.29, 0.717) is 6.42 Å². The summed E-state index contributed by atoms with van der Waals surface area (Å²) in [7, 11) is 2.09. The van der Waals surface area contributed by atoms with Gasteiger partial charge in [0.05, 0.1) is 6.07 Å². The zero-order chi connectivity index (χ0) is 11.8. The smallest absolute Gasteiger partial charge is 0.0622 e. The van der Waals surface area contributed by atoms with Crippen LogP contribution in [0.3, 0.4) is 0 Å². The third-order valence-corrected chi connectivity index (χ3v) is 2.78. The van der Waals surface area contributed by atoms with E-state index in [2.05, 4.69) is 30.1 Å². The first-order valence-electron chi connectivity index (χ1n) is 5.52. The van der Waals surface area contributed by atoms with E-state index in [4.69, 9.17) is 16.9 Å². The molecule has 0 saturated carbocycles. The van der Waals surface area contributed by atoms with Gasteiger partial charge >= 0.3 is 0 Å².